The van der Waals surface area contributed by atoms with E-state index < -0.39 is 0 Å². The molecule has 1 heterocycles. The number of benzene rings is 2. The molecule has 3 heteroatoms. The summed E-state index contributed by atoms with van der Waals surface area (Å²) in [5.74, 6) is 0. The van der Waals surface area contributed by atoms with Gasteiger partial charge in [-0.1, -0.05) is 63.9 Å². The van der Waals surface area contributed by atoms with Crippen LogP contribution in [-0.4, -0.2) is 6.54 Å². The molecule has 0 spiro atoms. The van der Waals surface area contributed by atoms with Gasteiger partial charge in [0.1, 0.15) is 0 Å². The molecule has 0 saturated carbocycles. The van der Waals surface area contributed by atoms with Gasteiger partial charge < -0.3 is 4.90 Å². The Morgan fingerprint density at radius 3 is 2.63 bits per heavy atom. The standard InChI is InChI=1S/C16H15BrClN/c17-10-13-6-3-7-15(18)16(13)19-9-8-12-4-1-2-5-14(12)11-19/h1-7H,8-11H2. The smallest absolute Gasteiger partial charge is 0.0642 e. The van der Waals surface area contributed by atoms with Crippen molar-refractivity contribution in [2.24, 2.45) is 0 Å². The highest BCUT2D eigenvalue weighted by Crippen LogP contribution is 2.34. The number of alkyl halides is 1. The molecule has 0 radical (unpaired) electrons. The second-order valence-electron chi connectivity index (χ2n) is 4.82. The predicted molar refractivity (Wildman–Crippen MR) is 85.3 cm³/mol. The Morgan fingerprint density at radius 1 is 1.05 bits per heavy atom. The fourth-order valence-corrected chi connectivity index (χ4v) is 3.47. The zero-order valence-electron chi connectivity index (χ0n) is 10.6. The van der Waals surface area contributed by atoms with Gasteiger partial charge in [0.05, 0.1) is 10.7 Å². The topological polar surface area (TPSA) is 3.24 Å². The largest absolute Gasteiger partial charge is 0.365 e. The summed E-state index contributed by atoms with van der Waals surface area (Å²) in [5.41, 5.74) is 5.31. The van der Waals surface area contributed by atoms with E-state index in [2.05, 4.69) is 51.2 Å². The van der Waals surface area contributed by atoms with Crippen LogP contribution < -0.4 is 4.90 Å². The number of para-hydroxylation sites is 1. The summed E-state index contributed by atoms with van der Waals surface area (Å²) in [5, 5.41) is 1.68. The molecule has 0 N–H and O–H groups in total. The van der Waals surface area contributed by atoms with Gasteiger partial charge in [-0.25, -0.2) is 0 Å². The van der Waals surface area contributed by atoms with Crippen molar-refractivity contribution in [1.82, 2.24) is 0 Å². The average molecular weight is 337 g/mol. The van der Waals surface area contributed by atoms with Crippen LogP contribution in [0, 0.1) is 0 Å². The van der Waals surface area contributed by atoms with Gasteiger partial charge in [0.15, 0.2) is 0 Å². The van der Waals surface area contributed by atoms with Crippen molar-refractivity contribution >= 4 is 33.2 Å². The van der Waals surface area contributed by atoms with Gasteiger partial charge in [-0.05, 0) is 29.2 Å². The lowest BCUT2D eigenvalue weighted by Gasteiger charge is -2.32. The molecule has 0 unspecified atom stereocenters. The Kier molecular flexibility index (Phi) is 3.81. The van der Waals surface area contributed by atoms with E-state index in [4.69, 9.17) is 11.6 Å². The van der Waals surface area contributed by atoms with E-state index in [1.54, 1.807) is 0 Å². The lowest BCUT2D eigenvalue weighted by Crippen LogP contribution is -2.31. The zero-order valence-corrected chi connectivity index (χ0v) is 12.9. The van der Waals surface area contributed by atoms with Gasteiger partial charge in [0.25, 0.3) is 0 Å². The summed E-state index contributed by atoms with van der Waals surface area (Å²) in [4.78, 5) is 2.39. The first kappa shape index (κ1) is 13.0. The molecular formula is C16H15BrClN. The molecule has 0 fully saturated rings. The molecular weight excluding hydrogens is 322 g/mol. The second kappa shape index (κ2) is 5.56. The molecule has 1 nitrogen and oxygen atoms in total. The molecule has 0 saturated heterocycles. The fourth-order valence-electron chi connectivity index (χ4n) is 2.71. The van der Waals surface area contributed by atoms with Gasteiger partial charge >= 0.3 is 0 Å². The number of hydrogen-bond acceptors (Lipinski definition) is 1. The molecule has 2 aromatic rings. The minimum absolute atomic E-state index is 0.834. The summed E-state index contributed by atoms with van der Waals surface area (Å²) in [7, 11) is 0. The number of fused-ring (bicyclic) bond motifs is 1. The molecule has 0 aliphatic carbocycles. The van der Waals surface area contributed by atoms with E-state index >= 15 is 0 Å². The molecule has 0 atom stereocenters. The van der Waals surface area contributed by atoms with E-state index in [-0.39, 0.29) is 0 Å². The number of nitrogens with zero attached hydrogens (tertiary/aromatic N) is 1. The maximum absolute atomic E-state index is 6.41. The first-order valence-electron chi connectivity index (χ1n) is 6.44. The number of hydrogen-bond donors (Lipinski definition) is 0. The summed E-state index contributed by atoms with van der Waals surface area (Å²) in [6, 6.07) is 14.8. The minimum Gasteiger partial charge on any atom is -0.365 e. The van der Waals surface area contributed by atoms with Crippen LogP contribution in [-0.2, 0) is 18.3 Å². The summed E-state index contributed by atoms with van der Waals surface area (Å²) < 4.78 is 0. The van der Waals surface area contributed by atoms with Gasteiger partial charge in [0.2, 0.25) is 0 Å². The lowest BCUT2D eigenvalue weighted by molar-refractivity contribution is 0.729. The van der Waals surface area contributed by atoms with Crippen LogP contribution in [0.5, 0.6) is 0 Å². The second-order valence-corrected chi connectivity index (χ2v) is 5.79. The van der Waals surface area contributed by atoms with Crippen molar-refractivity contribution in [3.05, 3.63) is 64.2 Å². The predicted octanol–water partition coefficient (Wildman–Crippen LogP) is 4.80. The normalized spacial score (nSPS) is 14.3. The quantitative estimate of drug-likeness (QED) is 0.712. The highest BCUT2D eigenvalue weighted by atomic mass is 79.9. The van der Waals surface area contributed by atoms with Crippen LogP contribution in [0.3, 0.4) is 0 Å². The van der Waals surface area contributed by atoms with Crippen molar-refractivity contribution < 1.29 is 0 Å². The monoisotopic (exact) mass is 335 g/mol. The maximum atomic E-state index is 6.41. The summed E-state index contributed by atoms with van der Waals surface area (Å²) >= 11 is 9.96. The van der Waals surface area contributed by atoms with E-state index in [1.165, 1.54) is 22.4 Å². The molecule has 1 aliphatic heterocycles. The third-order valence-electron chi connectivity index (χ3n) is 3.66. The van der Waals surface area contributed by atoms with Crippen LogP contribution in [0.4, 0.5) is 5.69 Å². The maximum Gasteiger partial charge on any atom is 0.0642 e. The first-order valence-corrected chi connectivity index (χ1v) is 7.94. The fraction of sp³-hybridized carbons (Fsp3) is 0.250. The average Bonchev–Trinajstić information content (AvgIpc) is 2.46. The summed E-state index contributed by atoms with van der Waals surface area (Å²) in [6.07, 6.45) is 1.09. The molecule has 2 aromatic carbocycles. The van der Waals surface area contributed by atoms with Crippen molar-refractivity contribution in [3.63, 3.8) is 0 Å². The van der Waals surface area contributed by atoms with Crippen LogP contribution in [0.1, 0.15) is 16.7 Å². The molecule has 3 rings (SSSR count). The summed E-state index contributed by atoms with van der Waals surface area (Å²) in [6.45, 7) is 1.97. The van der Waals surface area contributed by atoms with E-state index in [0.29, 0.717) is 0 Å². The Bertz CT molecular complexity index is 597. The van der Waals surface area contributed by atoms with Gasteiger partial charge in [-0.3, -0.25) is 0 Å². The van der Waals surface area contributed by atoms with E-state index in [0.717, 1.165) is 29.9 Å². The lowest BCUT2D eigenvalue weighted by atomic mass is 9.99. The van der Waals surface area contributed by atoms with Crippen LogP contribution in [0.15, 0.2) is 42.5 Å². The molecule has 0 aromatic heterocycles. The minimum atomic E-state index is 0.834. The Hall–Kier alpha value is -0.990. The Morgan fingerprint density at radius 2 is 1.84 bits per heavy atom. The number of rotatable bonds is 2. The van der Waals surface area contributed by atoms with E-state index in [1.807, 2.05) is 12.1 Å². The van der Waals surface area contributed by atoms with Crippen molar-refractivity contribution in [2.45, 2.75) is 18.3 Å². The van der Waals surface area contributed by atoms with Gasteiger partial charge in [-0.15, -0.1) is 0 Å². The van der Waals surface area contributed by atoms with Crippen LogP contribution in [0.2, 0.25) is 5.02 Å². The van der Waals surface area contributed by atoms with Crippen LogP contribution in [0.25, 0.3) is 0 Å². The molecule has 1 aliphatic rings. The third kappa shape index (κ3) is 2.52. The Balaban J connectivity index is 1.97. The molecule has 0 amide bonds. The zero-order chi connectivity index (χ0) is 13.2. The first-order chi connectivity index (χ1) is 9.29. The third-order valence-corrected chi connectivity index (χ3v) is 4.57. The van der Waals surface area contributed by atoms with Crippen molar-refractivity contribution in [1.29, 1.82) is 0 Å². The Labute approximate surface area is 127 Å². The highest BCUT2D eigenvalue weighted by molar-refractivity contribution is 9.08. The molecule has 19 heavy (non-hydrogen) atoms. The van der Waals surface area contributed by atoms with E-state index in [9.17, 15) is 0 Å². The molecule has 0 bridgehead atoms. The van der Waals surface area contributed by atoms with Crippen LogP contribution >= 0.6 is 27.5 Å². The SMILES string of the molecule is Clc1cccc(CBr)c1N1CCc2ccccc2C1. The molecule has 98 valence electrons. The van der Waals surface area contributed by atoms with Crippen molar-refractivity contribution in [3.8, 4) is 0 Å². The van der Waals surface area contributed by atoms with Gasteiger partial charge in [-0.2, -0.15) is 0 Å². The van der Waals surface area contributed by atoms with Crippen molar-refractivity contribution in [2.75, 3.05) is 11.4 Å². The number of halogens is 2. The number of anilines is 1. The highest BCUT2D eigenvalue weighted by Gasteiger charge is 2.20. The van der Waals surface area contributed by atoms with Gasteiger partial charge in [0, 0.05) is 18.4 Å².